The standard InChI is InChI=1S/C27H34FN5O2/c28-21-6-5-20(25-32-31-23-4-2-1-3-9-33(23)25)13-22(21)30-24(34)7-8-29-26(35)27-14-17-10-18(15-27)12-19(11-17)16-27/h5-6,13,17-19H,1-4,7-12,14-16H2,(H,29,35)(H,30,34). The minimum absolute atomic E-state index is 0.113. The Hall–Kier alpha value is -2.77. The fourth-order valence-corrected chi connectivity index (χ4v) is 7.54. The number of carbonyl (C=O) groups excluding carboxylic acids is 2. The van der Waals surface area contributed by atoms with Crippen molar-refractivity contribution in [2.75, 3.05) is 11.9 Å². The molecular weight excluding hydrogens is 445 g/mol. The van der Waals surface area contributed by atoms with Crippen LogP contribution in [-0.4, -0.2) is 33.1 Å². The highest BCUT2D eigenvalue weighted by Crippen LogP contribution is 2.60. The molecule has 0 saturated heterocycles. The molecule has 4 fully saturated rings. The lowest BCUT2D eigenvalue weighted by Gasteiger charge is -2.55. The largest absolute Gasteiger partial charge is 0.355 e. The van der Waals surface area contributed by atoms with Crippen LogP contribution >= 0.6 is 0 Å². The molecule has 7 rings (SSSR count). The summed E-state index contributed by atoms with van der Waals surface area (Å²) in [6, 6.07) is 4.67. The zero-order valence-electron chi connectivity index (χ0n) is 20.2. The summed E-state index contributed by atoms with van der Waals surface area (Å²) in [5.41, 5.74) is 0.644. The molecule has 0 spiro atoms. The Morgan fingerprint density at radius 3 is 2.51 bits per heavy atom. The maximum absolute atomic E-state index is 14.5. The van der Waals surface area contributed by atoms with Crippen molar-refractivity contribution in [3.63, 3.8) is 0 Å². The Kier molecular flexibility index (Phi) is 5.85. The third-order valence-electron chi connectivity index (χ3n) is 8.77. The molecule has 0 unspecified atom stereocenters. The lowest BCUT2D eigenvalue weighted by Crippen LogP contribution is -2.53. The first-order valence-corrected chi connectivity index (χ1v) is 13.3. The number of anilines is 1. The third-order valence-corrected chi connectivity index (χ3v) is 8.77. The van der Waals surface area contributed by atoms with E-state index in [1.54, 1.807) is 12.1 Å². The number of amides is 2. The number of halogens is 1. The van der Waals surface area contributed by atoms with Crippen LogP contribution in [0, 0.1) is 29.0 Å². The van der Waals surface area contributed by atoms with Gasteiger partial charge in [0.15, 0.2) is 5.82 Å². The zero-order chi connectivity index (χ0) is 24.0. The number of aromatic nitrogens is 3. The summed E-state index contributed by atoms with van der Waals surface area (Å²) < 4.78 is 16.6. The van der Waals surface area contributed by atoms with Crippen molar-refractivity contribution in [2.24, 2.45) is 23.2 Å². The van der Waals surface area contributed by atoms with Gasteiger partial charge in [-0.2, -0.15) is 0 Å². The summed E-state index contributed by atoms with van der Waals surface area (Å²) in [7, 11) is 0. The van der Waals surface area contributed by atoms with Crippen molar-refractivity contribution >= 4 is 17.5 Å². The Bertz CT molecular complexity index is 1110. The lowest BCUT2D eigenvalue weighted by molar-refractivity contribution is -0.146. The van der Waals surface area contributed by atoms with Crippen molar-refractivity contribution < 1.29 is 14.0 Å². The van der Waals surface area contributed by atoms with Crippen molar-refractivity contribution in [1.29, 1.82) is 0 Å². The molecular formula is C27H34FN5O2. The number of benzene rings is 1. The normalized spacial score (nSPS) is 28.9. The van der Waals surface area contributed by atoms with Crippen molar-refractivity contribution in [1.82, 2.24) is 20.1 Å². The van der Waals surface area contributed by atoms with Gasteiger partial charge in [0.2, 0.25) is 11.8 Å². The van der Waals surface area contributed by atoms with Crippen LogP contribution in [0.25, 0.3) is 11.4 Å². The number of nitrogens with zero attached hydrogens (tertiary/aromatic N) is 3. The van der Waals surface area contributed by atoms with Gasteiger partial charge in [0.1, 0.15) is 11.6 Å². The molecule has 4 bridgehead atoms. The van der Waals surface area contributed by atoms with E-state index < -0.39 is 5.82 Å². The minimum atomic E-state index is -0.490. The first kappa shape index (κ1) is 22.7. The number of rotatable bonds is 6. The molecule has 4 aliphatic carbocycles. The summed E-state index contributed by atoms with van der Waals surface area (Å²) in [4.78, 5) is 25.7. The molecule has 8 heteroatoms. The van der Waals surface area contributed by atoms with Crippen molar-refractivity contribution in [2.45, 2.75) is 77.2 Å². The Morgan fingerprint density at radius 1 is 1.03 bits per heavy atom. The van der Waals surface area contributed by atoms with Gasteiger partial charge in [-0.1, -0.05) is 6.42 Å². The van der Waals surface area contributed by atoms with Gasteiger partial charge in [0.05, 0.1) is 5.69 Å². The van der Waals surface area contributed by atoms with Gasteiger partial charge in [0, 0.05) is 36.9 Å². The highest BCUT2D eigenvalue weighted by atomic mass is 19.1. The van der Waals surface area contributed by atoms with E-state index in [0.717, 1.165) is 62.9 Å². The number of aryl methyl sites for hydroxylation is 1. The fraction of sp³-hybridized carbons (Fsp3) is 0.630. The summed E-state index contributed by atoms with van der Waals surface area (Å²) in [5, 5.41) is 14.4. The maximum atomic E-state index is 14.5. The van der Waals surface area contributed by atoms with Crippen LogP contribution in [0.2, 0.25) is 0 Å². The molecule has 2 amide bonds. The maximum Gasteiger partial charge on any atom is 0.226 e. The van der Waals surface area contributed by atoms with Crippen LogP contribution in [0.1, 0.15) is 70.0 Å². The summed E-state index contributed by atoms with van der Waals surface area (Å²) in [6.07, 6.45) is 11.2. The van der Waals surface area contributed by atoms with Crippen LogP contribution in [0.5, 0.6) is 0 Å². The molecule has 0 atom stereocenters. The number of fused-ring (bicyclic) bond motifs is 1. The zero-order valence-corrected chi connectivity index (χ0v) is 20.2. The van der Waals surface area contributed by atoms with Crippen LogP contribution in [-0.2, 0) is 22.6 Å². The van der Waals surface area contributed by atoms with Crippen LogP contribution < -0.4 is 10.6 Å². The summed E-state index contributed by atoms with van der Waals surface area (Å²) in [5.74, 6) is 3.08. The molecule has 1 aromatic carbocycles. The topological polar surface area (TPSA) is 88.9 Å². The second kappa shape index (κ2) is 9.03. The number of nitrogens with one attached hydrogen (secondary N) is 2. The van der Waals surface area contributed by atoms with Gasteiger partial charge in [0.25, 0.3) is 0 Å². The minimum Gasteiger partial charge on any atom is -0.355 e. The molecule has 0 radical (unpaired) electrons. The monoisotopic (exact) mass is 479 g/mol. The first-order chi connectivity index (χ1) is 17.0. The quantitative estimate of drug-likeness (QED) is 0.640. The fourth-order valence-electron chi connectivity index (χ4n) is 7.54. The van der Waals surface area contributed by atoms with E-state index in [0.29, 0.717) is 23.6 Å². The van der Waals surface area contributed by atoms with Gasteiger partial charge < -0.3 is 15.2 Å². The van der Waals surface area contributed by atoms with Gasteiger partial charge in [-0.15, -0.1) is 10.2 Å². The van der Waals surface area contributed by atoms with E-state index in [2.05, 4.69) is 25.4 Å². The SMILES string of the molecule is O=C(CCNC(=O)C12CC3CC(CC(C3)C1)C2)Nc1cc(-c2nnc3n2CCCCC3)ccc1F. The summed E-state index contributed by atoms with van der Waals surface area (Å²) >= 11 is 0. The second-order valence-corrected chi connectivity index (χ2v) is 11.3. The number of carbonyl (C=O) groups is 2. The van der Waals surface area contributed by atoms with Crippen molar-refractivity contribution in [3.05, 3.63) is 29.8 Å². The van der Waals surface area contributed by atoms with E-state index in [1.807, 2.05) is 0 Å². The highest BCUT2D eigenvalue weighted by molar-refractivity contribution is 5.92. The second-order valence-electron chi connectivity index (χ2n) is 11.3. The molecule has 1 aromatic heterocycles. The molecule has 35 heavy (non-hydrogen) atoms. The number of hydrogen-bond donors (Lipinski definition) is 2. The van der Waals surface area contributed by atoms with Gasteiger partial charge >= 0.3 is 0 Å². The predicted molar refractivity (Wildman–Crippen MR) is 130 cm³/mol. The van der Waals surface area contributed by atoms with E-state index in [1.165, 1.54) is 25.3 Å². The Balaban J connectivity index is 1.07. The smallest absolute Gasteiger partial charge is 0.226 e. The Labute approximate surface area is 205 Å². The van der Waals surface area contributed by atoms with E-state index >= 15 is 0 Å². The number of hydrogen-bond acceptors (Lipinski definition) is 4. The molecule has 1 aliphatic heterocycles. The highest BCUT2D eigenvalue weighted by Gasteiger charge is 2.54. The van der Waals surface area contributed by atoms with Gasteiger partial charge in [-0.3, -0.25) is 9.59 Å². The van der Waals surface area contributed by atoms with Crippen LogP contribution in [0.15, 0.2) is 18.2 Å². The van der Waals surface area contributed by atoms with Crippen molar-refractivity contribution in [3.8, 4) is 11.4 Å². The molecule has 5 aliphatic rings. The van der Waals surface area contributed by atoms with E-state index in [4.69, 9.17) is 0 Å². The average molecular weight is 480 g/mol. The molecule has 4 saturated carbocycles. The average Bonchev–Trinajstić information content (AvgIpc) is 3.07. The molecule has 2 heterocycles. The Morgan fingerprint density at radius 2 is 1.77 bits per heavy atom. The van der Waals surface area contributed by atoms with Gasteiger partial charge in [-0.25, -0.2) is 4.39 Å². The molecule has 2 N–H and O–H groups in total. The first-order valence-electron chi connectivity index (χ1n) is 13.3. The third kappa shape index (κ3) is 4.36. The van der Waals surface area contributed by atoms with Gasteiger partial charge in [-0.05, 0) is 87.3 Å². The lowest BCUT2D eigenvalue weighted by atomic mass is 9.49. The summed E-state index contributed by atoms with van der Waals surface area (Å²) in [6.45, 7) is 1.12. The van der Waals surface area contributed by atoms with Crippen LogP contribution in [0.3, 0.4) is 0 Å². The predicted octanol–water partition coefficient (Wildman–Crippen LogP) is 4.47. The van der Waals surface area contributed by atoms with Crippen LogP contribution in [0.4, 0.5) is 10.1 Å². The van der Waals surface area contributed by atoms with E-state index in [9.17, 15) is 14.0 Å². The molecule has 2 aromatic rings. The molecule has 7 nitrogen and oxygen atoms in total. The van der Waals surface area contributed by atoms with E-state index in [-0.39, 0.29) is 35.9 Å². The molecule has 186 valence electrons.